The van der Waals surface area contributed by atoms with Crippen LogP contribution in [0.2, 0.25) is 0 Å². The molecule has 31 heavy (non-hydrogen) atoms. The number of nitrogens with zero attached hydrogens (tertiary/aromatic N) is 2. The fraction of sp³-hybridized carbons (Fsp3) is 0.261. The molecule has 1 amide bonds. The number of guanidine groups is 1. The number of hydrogen-bond donors (Lipinski definition) is 3. The Bertz CT molecular complexity index is 988. The van der Waals surface area contributed by atoms with E-state index in [0.29, 0.717) is 30.6 Å². The van der Waals surface area contributed by atoms with Crippen molar-refractivity contribution in [1.82, 2.24) is 15.6 Å². The van der Waals surface area contributed by atoms with E-state index in [1.165, 1.54) is 5.56 Å². The summed E-state index contributed by atoms with van der Waals surface area (Å²) in [6.07, 6.45) is 2.52. The van der Waals surface area contributed by atoms with E-state index in [4.69, 9.17) is 4.42 Å². The van der Waals surface area contributed by atoms with Crippen LogP contribution in [-0.2, 0) is 17.8 Å². The lowest BCUT2D eigenvalue weighted by Crippen LogP contribution is -2.41. The van der Waals surface area contributed by atoms with Crippen molar-refractivity contribution in [3.63, 3.8) is 0 Å². The van der Waals surface area contributed by atoms with Gasteiger partial charge in [-0.3, -0.25) is 4.79 Å². The molecule has 0 unspecified atom stereocenters. The third-order valence-corrected chi connectivity index (χ3v) is 4.35. The van der Waals surface area contributed by atoms with Crippen molar-refractivity contribution in [1.29, 1.82) is 0 Å². The van der Waals surface area contributed by atoms with Crippen molar-refractivity contribution >= 4 is 41.5 Å². The van der Waals surface area contributed by atoms with Crippen molar-refractivity contribution in [2.75, 3.05) is 18.4 Å². The molecular weight excluding hydrogens is 505 g/mol. The minimum atomic E-state index is -0.137. The molecule has 0 bridgehead atoms. The summed E-state index contributed by atoms with van der Waals surface area (Å²) < 4.78 is 5.54. The summed E-state index contributed by atoms with van der Waals surface area (Å²) in [4.78, 5) is 21.2. The Kier molecular flexibility index (Phi) is 10.0. The molecule has 0 saturated carbocycles. The summed E-state index contributed by atoms with van der Waals surface area (Å²) in [5, 5.41) is 9.07. The maximum Gasteiger partial charge on any atom is 0.243 e. The zero-order valence-corrected chi connectivity index (χ0v) is 20.1. The molecule has 3 N–H and O–H groups in total. The van der Waals surface area contributed by atoms with E-state index < -0.39 is 0 Å². The SMILES string of the molecule is CCNC(=NCc1coc(-c2ccccc2)n1)NCC(=O)Nc1cccc(CC)c1.I. The van der Waals surface area contributed by atoms with E-state index in [2.05, 4.69) is 32.9 Å². The molecule has 3 aromatic rings. The van der Waals surface area contributed by atoms with Gasteiger partial charge in [0, 0.05) is 17.8 Å². The molecule has 8 heteroatoms. The highest BCUT2D eigenvalue weighted by atomic mass is 127. The van der Waals surface area contributed by atoms with E-state index in [0.717, 1.165) is 17.7 Å². The highest BCUT2D eigenvalue weighted by molar-refractivity contribution is 14.0. The smallest absolute Gasteiger partial charge is 0.243 e. The van der Waals surface area contributed by atoms with Crippen molar-refractivity contribution < 1.29 is 9.21 Å². The van der Waals surface area contributed by atoms with Crippen LogP contribution in [0.25, 0.3) is 11.5 Å². The predicted octanol–water partition coefficient (Wildman–Crippen LogP) is 4.22. The minimum Gasteiger partial charge on any atom is -0.444 e. The Hall–Kier alpha value is -2.88. The van der Waals surface area contributed by atoms with Gasteiger partial charge in [0.1, 0.15) is 12.0 Å². The average Bonchev–Trinajstić information content (AvgIpc) is 3.25. The fourth-order valence-corrected chi connectivity index (χ4v) is 2.83. The van der Waals surface area contributed by atoms with Gasteiger partial charge in [-0.2, -0.15) is 0 Å². The van der Waals surface area contributed by atoms with Gasteiger partial charge < -0.3 is 20.4 Å². The summed E-state index contributed by atoms with van der Waals surface area (Å²) in [6, 6.07) is 17.5. The molecule has 0 saturated heterocycles. The highest BCUT2D eigenvalue weighted by Crippen LogP contribution is 2.18. The molecule has 0 aliphatic heterocycles. The molecule has 2 aromatic carbocycles. The second-order valence-corrected chi connectivity index (χ2v) is 6.66. The summed E-state index contributed by atoms with van der Waals surface area (Å²) in [6.45, 7) is 5.18. The number of benzene rings is 2. The number of carbonyl (C=O) groups is 1. The van der Waals surface area contributed by atoms with Gasteiger partial charge in [-0.05, 0) is 43.2 Å². The van der Waals surface area contributed by atoms with Crippen LogP contribution in [0.3, 0.4) is 0 Å². The molecule has 164 valence electrons. The van der Waals surface area contributed by atoms with Gasteiger partial charge in [-0.15, -0.1) is 24.0 Å². The minimum absolute atomic E-state index is 0. The van der Waals surface area contributed by atoms with Gasteiger partial charge in [0.25, 0.3) is 0 Å². The quantitative estimate of drug-likeness (QED) is 0.229. The molecule has 0 atom stereocenters. The third-order valence-electron chi connectivity index (χ3n) is 4.35. The summed E-state index contributed by atoms with van der Waals surface area (Å²) in [5.74, 6) is 0.966. The number of halogens is 1. The lowest BCUT2D eigenvalue weighted by molar-refractivity contribution is -0.115. The summed E-state index contributed by atoms with van der Waals surface area (Å²) >= 11 is 0. The Morgan fingerprint density at radius 1 is 1.06 bits per heavy atom. The van der Waals surface area contributed by atoms with Crippen LogP contribution < -0.4 is 16.0 Å². The van der Waals surface area contributed by atoms with E-state index in [1.807, 2.05) is 61.5 Å². The van der Waals surface area contributed by atoms with E-state index >= 15 is 0 Å². The molecule has 0 aliphatic carbocycles. The first-order chi connectivity index (χ1) is 14.7. The Morgan fingerprint density at radius 2 is 1.87 bits per heavy atom. The highest BCUT2D eigenvalue weighted by Gasteiger charge is 2.08. The van der Waals surface area contributed by atoms with Gasteiger partial charge in [0.15, 0.2) is 5.96 Å². The van der Waals surface area contributed by atoms with Crippen LogP contribution in [0, 0.1) is 0 Å². The molecule has 0 aliphatic rings. The number of anilines is 1. The van der Waals surface area contributed by atoms with Crippen molar-refractivity contribution in [2.45, 2.75) is 26.8 Å². The van der Waals surface area contributed by atoms with Crippen LogP contribution >= 0.6 is 24.0 Å². The van der Waals surface area contributed by atoms with Crippen LogP contribution in [0.5, 0.6) is 0 Å². The number of amides is 1. The van der Waals surface area contributed by atoms with Gasteiger partial charge in [-0.1, -0.05) is 37.3 Å². The Labute approximate surface area is 199 Å². The van der Waals surface area contributed by atoms with Crippen LogP contribution in [0.4, 0.5) is 5.69 Å². The Balaban J connectivity index is 0.00000341. The monoisotopic (exact) mass is 533 g/mol. The normalized spacial score (nSPS) is 10.8. The number of oxazole rings is 1. The second kappa shape index (κ2) is 12.7. The number of rotatable bonds is 8. The number of aromatic nitrogens is 1. The number of aryl methyl sites for hydroxylation is 1. The number of nitrogens with one attached hydrogen (secondary N) is 3. The van der Waals surface area contributed by atoms with Gasteiger partial charge in [-0.25, -0.2) is 9.98 Å². The first kappa shape index (κ1) is 24.4. The molecule has 0 radical (unpaired) electrons. The maximum absolute atomic E-state index is 12.3. The third kappa shape index (κ3) is 7.71. The molecule has 1 aromatic heterocycles. The zero-order chi connectivity index (χ0) is 21.2. The topological polar surface area (TPSA) is 91.6 Å². The number of hydrogen-bond acceptors (Lipinski definition) is 4. The van der Waals surface area contributed by atoms with Crippen molar-refractivity contribution in [3.8, 4) is 11.5 Å². The molecule has 0 spiro atoms. The maximum atomic E-state index is 12.3. The van der Waals surface area contributed by atoms with Gasteiger partial charge >= 0.3 is 0 Å². The molecular formula is C23H28IN5O2. The van der Waals surface area contributed by atoms with E-state index in [-0.39, 0.29) is 36.4 Å². The average molecular weight is 533 g/mol. The summed E-state index contributed by atoms with van der Waals surface area (Å²) in [7, 11) is 0. The first-order valence-corrected chi connectivity index (χ1v) is 10.1. The van der Waals surface area contributed by atoms with Gasteiger partial charge in [0.2, 0.25) is 11.8 Å². The fourth-order valence-electron chi connectivity index (χ4n) is 2.83. The second-order valence-electron chi connectivity index (χ2n) is 6.66. The molecule has 3 rings (SSSR count). The first-order valence-electron chi connectivity index (χ1n) is 10.1. The van der Waals surface area contributed by atoms with Gasteiger partial charge in [0.05, 0.1) is 13.1 Å². The van der Waals surface area contributed by atoms with Crippen LogP contribution in [-0.4, -0.2) is 29.9 Å². The lowest BCUT2D eigenvalue weighted by Gasteiger charge is -2.11. The van der Waals surface area contributed by atoms with Crippen LogP contribution in [0.1, 0.15) is 25.1 Å². The lowest BCUT2D eigenvalue weighted by atomic mass is 10.1. The van der Waals surface area contributed by atoms with Crippen molar-refractivity contribution in [3.05, 3.63) is 72.1 Å². The number of aliphatic imine (C=N–C) groups is 1. The van der Waals surface area contributed by atoms with E-state index in [1.54, 1.807) is 6.26 Å². The van der Waals surface area contributed by atoms with Crippen molar-refractivity contribution in [2.24, 2.45) is 4.99 Å². The molecule has 1 heterocycles. The molecule has 0 fully saturated rings. The standard InChI is InChI=1S/C23H27N5O2.HI/c1-3-17-9-8-12-19(13-17)27-21(29)15-26-23(24-4-2)25-14-20-16-30-22(28-20)18-10-6-5-7-11-18;/h5-13,16H,3-4,14-15H2,1-2H3,(H,27,29)(H2,24,25,26);1H. The zero-order valence-electron chi connectivity index (χ0n) is 17.7. The largest absolute Gasteiger partial charge is 0.444 e. The van der Waals surface area contributed by atoms with E-state index in [9.17, 15) is 4.79 Å². The predicted molar refractivity (Wildman–Crippen MR) is 135 cm³/mol. The number of carbonyl (C=O) groups excluding carboxylic acids is 1. The summed E-state index contributed by atoms with van der Waals surface area (Å²) in [5.41, 5.74) is 3.60. The van der Waals surface area contributed by atoms with Crippen LogP contribution in [0.15, 0.2) is 70.3 Å². The molecule has 7 nitrogen and oxygen atoms in total. The Morgan fingerprint density at radius 3 is 2.61 bits per heavy atom.